The van der Waals surface area contributed by atoms with E-state index in [-0.39, 0.29) is 13.4 Å². The number of carbonyl (C=O) groups is 1. The highest BCUT2D eigenvalue weighted by Crippen LogP contribution is 2.40. The third-order valence-corrected chi connectivity index (χ3v) is 4.68. The maximum Gasteiger partial charge on any atom is 0.338 e. The molecular weight excluding hydrogens is 376 g/mol. The number of fused-ring (bicyclic) bond motifs is 1. The molecule has 0 saturated carbocycles. The predicted molar refractivity (Wildman–Crippen MR) is 98.5 cm³/mol. The molecule has 26 heavy (non-hydrogen) atoms. The van der Waals surface area contributed by atoms with Gasteiger partial charge in [-0.2, -0.15) is 0 Å². The number of benzene rings is 2. The minimum Gasteiger partial charge on any atom is -0.456 e. The van der Waals surface area contributed by atoms with Crippen LogP contribution in [0.3, 0.4) is 0 Å². The van der Waals surface area contributed by atoms with Gasteiger partial charge >= 0.3 is 5.97 Å². The second-order valence-corrected chi connectivity index (χ2v) is 6.67. The van der Waals surface area contributed by atoms with Crippen molar-refractivity contribution in [1.29, 1.82) is 0 Å². The van der Waals surface area contributed by atoms with E-state index >= 15 is 0 Å². The number of carbonyl (C=O) groups excluding carboxylic acids is 1. The van der Waals surface area contributed by atoms with Gasteiger partial charge in [0.1, 0.15) is 6.61 Å². The van der Waals surface area contributed by atoms with Gasteiger partial charge < -0.3 is 19.5 Å². The summed E-state index contributed by atoms with van der Waals surface area (Å²) in [6, 6.07) is 12.8. The molecule has 0 radical (unpaired) electrons. The van der Waals surface area contributed by atoms with Crippen LogP contribution < -0.4 is 14.8 Å². The molecule has 1 N–H and O–H groups in total. The van der Waals surface area contributed by atoms with Crippen LogP contribution in [-0.2, 0) is 11.3 Å². The molecule has 1 aliphatic rings. The molecule has 132 valence electrons. The average molecular weight is 389 g/mol. The van der Waals surface area contributed by atoms with Gasteiger partial charge in [0.15, 0.2) is 16.6 Å². The molecule has 8 heteroatoms. The lowest BCUT2D eigenvalue weighted by Gasteiger charge is -2.05. The van der Waals surface area contributed by atoms with Crippen LogP contribution in [0, 0.1) is 0 Å². The number of halogens is 1. The van der Waals surface area contributed by atoms with E-state index in [1.807, 2.05) is 35.7 Å². The average Bonchev–Trinajstić information content (AvgIpc) is 3.30. The fraction of sp³-hybridized carbons (Fsp3) is 0.111. The van der Waals surface area contributed by atoms with Crippen molar-refractivity contribution in [3.05, 3.63) is 64.1 Å². The van der Waals surface area contributed by atoms with Crippen LogP contribution in [0.1, 0.15) is 16.1 Å². The Morgan fingerprint density at radius 2 is 2.12 bits per heavy atom. The van der Waals surface area contributed by atoms with E-state index in [4.69, 9.17) is 25.8 Å². The van der Waals surface area contributed by atoms with Gasteiger partial charge in [0, 0.05) is 11.1 Å². The van der Waals surface area contributed by atoms with Crippen molar-refractivity contribution >= 4 is 39.7 Å². The number of nitrogens with zero attached hydrogens (tertiary/aromatic N) is 1. The van der Waals surface area contributed by atoms with Crippen molar-refractivity contribution in [2.45, 2.75) is 6.61 Å². The first-order valence-electron chi connectivity index (χ1n) is 7.72. The molecule has 2 aromatic carbocycles. The van der Waals surface area contributed by atoms with Crippen molar-refractivity contribution < 1.29 is 19.0 Å². The second kappa shape index (κ2) is 7.23. The molecule has 4 rings (SSSR count). The molecule has 1 aliphatic heterocycles. The fourth-order valence-corrected chi connectivity index (χ4v) is 3.36. The molecule has 6 nitrogen and oxygen atoms in total. The highest BCUT2D eigenvalue weighted by Gasteiger charge is 2.21. The molecule has 0 amide bonds. The van der Waals surface area contributed by atoms with Gasteiger partial charge in [-0.25, -0.2) is 9.78 Å². The van der Waals surface area contributed by atoms with Crippen LogP contribution in [0.2, 0.25) is 5.02 Å². The zero-order chi connectivity index (χ0) is 17.9. The molecule has 0 atom stereocenters. The van der Waals surface area contributed by atoms with E-state index < -0.39 is 5.97 Å². The Morgan fingerprint density at radius 3 is 2.96 bits per heavy atom. The van der Waals surface area contributed by atoms with Crippen molar-refractivity contribution in [2.24, 2.45) is 0 Å². The molecular formula is C18H13ClN2O4S. The molecule has 0 unspecified atom stereocenters. The fourth-order valence-electron chi connectivity index (χ4n) is 2.38. The van der Waals surface area contributed by atoms with Crippen LogP contribution in [-0.4, -0.2) is 17.7 Å². The zero-order valence-corrected chi connectivity index (χ0v) is 15.0. The zero-order valence-electron chi connectivity index (χ0n) is 13.4. The SMILES string of the molecule is O=C(OCc1csc(Nc2ccccc2)n1)c1cc(Cl)c2c(c1)OCO2. The summed E-state index contributed by atoms with van der Waals surface area (Å²) in [6.07, 6.45) is 0. The summed E-state index contributed by atoms with van der Waals surface area (Å²) in [6.45, 7) is 0.154. The number of anilines is 2. The number of para-hydroxylation sites is 1. The Hall–Kier alpha value is -2.77. The van der Waals surface area contributed by atoms with Gasteiger partial charge in [0.05, 0.1) is 16.3 Å². The maximum atomic E-state index is 12.3. The number of esters is 1. The molecule has 0 bridgehead atoms. The lowest BCUT2D eigenvalue weighted by atomic mass is 10.2. The van der Waals surface area contributed by atoms with E-state index in [1.165, 1.54) is 17.4 Å². The quantitative estimate of drug-likeness (QED) is 0.643. The molecule has 3 aromatic rings. The third kappa shape index (κ3) is 3.58. The van der Waals surface area contributed by atoms with Crippen LogP contribution >= 0.6 is 22.9 Å². The Labute approximate surface area is 158 Å². The number of aromatic nitrogens is 1. The Kier molecular flexibility index (Phi) is 4.64. The molecule has 0 aliphatic carbocycles. The predicted octanol–water partition coefficient (Wildman–Crippen LogP) is 4.63. The van der Waals surface area contributed by atoms with Crippen molar-refractivity contribution in [3.8, 4) is 11.5 Å². The monoisotopic (exact) mass is 388 g/mol. The molecule has 1 aromatic heterocycles. The maximum absolute atomic E-state index is 12.3. The van der Waals surface area contributed by atoms with Gasteiger partial charge in [0.2, 0.25) is 6.79 Å². The van der Waals surface area contributed by atoms with Crippen molar-refractivity contribution in [1.82, 2.24) is 4.98 Å². The van der Waals surface area contributed by atoms with Gasteiger partial charge in [0.25, 0.3) is 0 Å². The minimum atomic E-state index is -0.504. The minimum absolute atomic E-state index is 0.0673. The highest BCUT2D eigenvalue weighted by molar-refractivity contribution is 7.13. The first-order valence-corrected chi connectivity index (χ1v) is 8.97. The van der Waals surface area contributed by atoms with Crippen LogP contribution in [0.15, 0.2) is 47.8 Å². The number of rotatable bonds is 5. The first-order chi connectivity index (χ1) is 12.7. The number of hydrogen-bond donors (Lipinski definition) is 1. The Bertz CT molecular complexity index is 946. The first kappa shape index (κ1) is 16.7. The van der Waals surface area contributed by atoms with Crippen molar-refractivity contribution in [2.75, 3.05) is 12.1 Å². The van der Waals surface area contributed by atoms with Crippen molar-refractivity contribution in [3.63, 3.8) is 0 Å². The number of thiazole rings is 1. The number of nitrogens with one attached hydrogen (secondary N) is 1. The summed E-state index contributed by atoms with van der Waals surface area (Å²) in [5.74, 6) is 0.377. The lowest BCUT2D eigenvalue weighted by Crippen LogP contribution is -2.05. The Balaban J connectivity index is 1.39. The standard InChI is InChI=1S/C18H13ClN2O4S/c19-14-6-11(7-15-16(14)25-10-24-15)17(22)23-8-13-9-26-18(21-13)20-12-4-2-1-3-5-12/h1-7,9H,8,10H2,(H,20,21). The summed E-state index contributed by atoms with van der Waals surface area (Å²) < 4.78 is 15.8. The van der Waals surface area contributed by atoms with E-state index in [2.05, 4.69) is 10.3 Å². The molecule has 0 saturated heterocycles. The lowest BCUT2D eigenvalue weighted by molar-refractivity contribution is 0.0468. The number of hydrogen-bond acceptors (Lipinski definition) is 7. The summed E-state index contributed by atoms with van der Waals surface area (Å²) in [5.41, 5.74) is 1.91. The molecule has 2 heterocycles. The second-order valence-electron chi connectivity index (χ2n) is 5.40. The summed E-state index contributed by atoms with van der Waals surface area (Å²) in [4.78, 5) is 16.7. The highest BCUT2D eigenvalue weighted by atomic mass is 35.5. The van der Waals surface area contributed by atoms with Gasteiger partial charge in [-0.1, -0.05) is 29.8 Å². The topological polar surface area (TPSA) is 69.7 Å². The van der Waals surface area contributed by atoms with E-state index in [0.717, 1.165) is 10.8 Å². The van der Waals surface area contributed by atoms with E-state index in [1.54, 1.807) is 6.07 Å². The normalized spacial score (nSPS) is 12.0. The third-order valence-electron chi connectivity index (χ3n) is 3.59. The van der Waals surface area contributed by atoms with E-state index in [0.29, 0.717) is 27.8 Å². The summed E-state index contributed by atoms with van der Waals surface area (Å²) >= 11 is 7.52. The number of ether oxygens (including phenoxy) is 3. The summed E-state index contributed by atoms with van der Waals surface area (Å²) in [5, 5.41) is 6.08. The smallest absolute Gasteiger partial charge is 0.338 e. The van der Waals surface area contributed by atoms with Gasteiger partial charge in [-0.3, -0.25) is 0 Å². The largest absolute Gasteiger partial charge is 0.456 e. The Morgan fingerprint density at radius 1 is 1.27 bits per heavy atom. The van der Waals surface area contributed by atoms with Gasteiger partial charge in [-0.05, 0) is 24.3 Å². The van der Waals surface area contributed by atoms with E-state index in [9.17, 15) is 4.79 Å². The summed E-state index contributed by atoms with van der Waals surface area (Å²) in [7, 11) is 0. The van der Waals surface area contributed by atoms with Crippen LogP contribution in [0.5, 0.6) is 11.5 Å². The van der Waals surface area contributed by atoms with Crippen LogP contribution in [0.25, 0.3) is 0 Å². The van der Waals surface area contributed by atoms with Crippen LogP contribution in [0.4, 0.5) is 10.8 Å². The van der Waals surface area contributed by atoms with Gasteiger partial charge in [-0.15, -0.1) is 11.3 Å². The molecule has 0 fully saturated rings. The molecule has 0 spiro atoms.